The third-order valence-corrected chi connectivity index (χ3v) is 2.81. The van der Waals surface area contributed by atoms with Crippen LogP contribution in [0, 0.1) is 5.41 Å². The molecule has 0 bridgehead atoms. The van der Waals surface area contributed by atoms with Crippen LogP contribution in [0.2, 0.25) is 0 Å². The molecule has 0 spiro atoms. The Morgan fingerprint density at radius 3 is 2.65 bits per heavy atom. The molecule has 0 aliphatic carbocycles. The van der Waals surface area contributed by atoms with Crippen LogP contribution in [0.3, 0.4) is 0 Å². The molecule has 1 aromatic heterocycles. The zero-order chi connectivity index (χ0) is 12.6. The number of hydrogen-bond acceptors (Lipinski definition) is 4. The second kappa shape index (κ2) is 4.04. The van der Waals surface area contributed by atoms with E-state index in [1.807, 2.05) is 18.2 Å². The maximum Gasteiger partial charge on any atom is 0.212 e. The maximum absolute atomic E-state index is 6.12. The maximum atomic E-state index is 6.12. The molecule has 1 atom stereocenters. The molecule has 0 radical (unpaired) electrons. The molecule has 0 saturated carbocycles. The molecule has 0 aliphatic heterocycles. The molecule has 2 aromatic rings. The minimum Gasteiger partial charge on any atom is -0.497 e. The predicted molar refractivity (Wildman–Crippen MR) is 66.9 cm³/mol. The lowest BCUT2D eigenvalue weighted by molar-refractivity contribution is 0.282. The lowest BCUT2D eigenvalue weighted by Gasteiger charge is -2.23. The highest BCUT2D eigenvalue weighted by atomic mass is 16.5. The average molecular weight is 234 g/mol. The summed E-state index contributed by atoms with van der Waals surface area (Å²) >= 11 is 0. The van der Waals surface area contributed by atoms with Gasteiger partial charge < -0.3 is 14.9 Å². The van der Waals surface area contributed by atoms with Gasteiger partial charge in [0.1, 0.15) is 11.3 Å². The van der Waals surface area contributed by atoms with E-state index >= 15 is 0 Å². The van der Waals surface area contributed by atoms with E-state index in [0.717, 1.165) is 16.8 Å². The summed E-state index contributed by atoms with van der Waals surface area (Å²) < 4.78 is 10.8. The van der Waals surface area contributed by atoms with Crippen molar-refractivity contribution in [3.63, 3.8) is 0 Å². The van der Waals surface area contributed by atoms with Crippen molar-refractivity contribution in [2.45, 2.75) is 26.8 Å². The van der Waals surface area contributed by atoms with E-state index in [1.165, 1.54) is 0 Å². The number of nitrogens with zero attached hydrogens (tertiary/aromatic N) is 1. The van der Waals surface area contributed by atoms with Gasteiger partial charge in [0.15, 0.2) is 5.58 Å². The third kappa shape index (κ3) is 2.26. The van der Waals surface area contributed by atoms with Crippen LogP contribution < -0.4 is 10.5 Å². The molecule has 1 aromatic carbocycles. The number of benzene rings is 1. The topological polar surface area (TPSA) is 61.3 Å². The van der Waals surface area contributed by atoms with Gasteiger partial charge in [-0.05, 0) is 17.5 Å². The van der Waals surface area contributed by atoms with Crippen LogP contribution in [0.5, 0.6) is 5.75 Å². The van der Waals surface area contributed by atoms with Gasteiger partial charge in [-0.15, -0.1) is 0 Å². The van der Waals surface area contributed by atoms with E-state index in [-0.39, 0.29) is 11.5 Å². The van der Waals surface area contributed by atoms with Crippen LogP contribution in [0.15, 0.2) is 22.6 Å². The van der Waals surface area contributed by atoms with Gasteiger partial charge in [0.2, 0.25) is 5.89 Å². The molecule has 0 fully saturated rings. The monoisotopic (exact) mass is 234 g/mol. The summed E-state index contributed by atoms with van der Waals surface area (Å²) in [6.45, 7) is 6.19. The second-order valence-electron chi connectivity index (χ2n) is 5.23. The number of nitrogens with two attached hydrogens (primary N) is 1. The first-order valence-corrected chi connectivity index (χ1v) is 5.62. The Bertz CT molecular complexity index is 526. The summed E-state index contributed by atoms with van der Waals surface area (Å²) in [5, 5.41) is 0. The largest absolute Gasteiger partial charge is 0.497 e. The Labute approximate surface area is 101 Å². The molecule has 1 unspecified atom stereocenters. The van der Waals surface area contributed by atoms with E-state index < -0.39 is 0 Å². The Morgan fingerprint density at radius 1 is 1.35 bits per heavy atom. The number of oxazole rings is 1. The lowest BCUT2D eigenvalue weighted by Crippen LogP contribution is -2.26. The van der Waals surface area contributed by atoms with Crippen molar-refractivity contribution in [3.8, 4) is 5.75 Å². The smallest absolute Gasteiger partial charge is 0.212 e. The zero-order valence-corrected chi connectivity index (χ0v) is 10.7. The van der Waals surface area contributed by atoms with Crippen molar-refractivity contribution in [3.05, 3.63) is 24.1 Å². The highest BCUT2D eigenvalue weighted by Gasteiger charge is 2.26. The molecule has 4 nitrogen and oxygen atoms in total. The van der Waals surface area contributed by atoms with Crippen LogP contribution in [-0.4, -0.2) is 12.1 Å². The van der Waals surface area contributed by atoms with Crippen LogP contribution in [0.4, 0.5) is 0 Å². The zero-order valence-electron chi connectivity index (χ0n) is 10.7. The van der Waals surface area contributed by atoms with E-state index in [4.69, 9.17) is 14.9 Å². The normalized spacial score (nSPS) is 13.9. The van der Waals surface area contributed by atoms with Gasteiger partial charge in [0.25, 0.3) is 0 Å². The van der Waals surface area contributed by atoms with Gasteiger partial charge >= 0.3 is 0 Å². The van der Waals surface area contributed by atoms with Gasteiger partial charge in [-0.1, -0.05) is 20.8 Å². The van der Waals surface area contributed by atoms with Crippen molar-refractivity contribution in [2.24, 2.45) is 11.1 Å². The molecular formula is C13H18N2O2. The van der Waals surface area contributed by atoms with Gasteiger partial charge in [0.05, 0.1) is 13.2 Å². The molecule has 0 amide bonds. The summed E-state index contributed by atoms with van der Waals surface area (Å²) in [6.07, 6.45) is 0. The van der Waals surface area contributed by atoms with E-state index in [2.05, 4.69) is 25.8 Å². The molecule has 2 N–H and O–H groups in total. The summed E-state index contributed by atoms with van der Waals surface area (Å²) in [4.78, 5) is 4.42. The summed E-state index contributed by atoms with van der Waals surface area (Å²) in [5.41, 5.74) is 7.55. The van der Waals surface area contributed by atoms with E-state index in [9.17, 15) is 0 Å². The Hall–Kier alpha value is -1.55. The summed E-state index contributed by atoms with van der Waals surface area (Å²) in [5.74, 6) is 1.34. The third-order valence-electron chi connectivity index (χ3n) is 2.81. The van der Waals surface area contributed by atoms with Crippen molar-refractivity contribution in [1.82, 2.24) is 4.98 Å². The van der Waals surface area contributed by atoms with Crippen LogP contribution in [0.1, 0.15) is 32.7 Å². The van der Waals surface area contributed by atoms with Crippen molar-refractivity contribution in [1.29, 1.82) is 0 Å². The molecule has 1 heterocycles. The van der Waals surface area contributed by atoms with Crippen molar-refractivity contribution >= 4 is 11.1 Å². The average Bonchev–Trinajstić information content (AvgIpc) is 2.68. The van der Waals surface area contributed by atoms with Gasteiger partial charge in [-0.25, -0.2) is 4.98 Å². The predicted octanol–water partition coefficient (Wildman–Crippen LogP) is 2.88. The number of hydrogen-bond donors (Lipinski definition) is 1. The van der Waals surface area contributed by atoms with Crippen LogP contribution in [0.25, 0.3) is 11.1 Å². The quantitative estimate of drug-likeness (QED) is 0.867. The number of methoxy groups -OCH3 is 1. The van der Waals surface area contributed by atoms with Crippen molar-refractivity contribution in [2.75, 3.05) is 7.11 Å². The van der Waals surface area contributed by atoms with Crippen LogP contribution in [-0.2, 0) is 0 Å². The molecule has 4 heteroatoms. The molecule has 17 heavy (non-hydrogen) atoms. The first-order chi connectivity index (χ1) is 7.91. The van der Waals surface area contributed by atoms with Crippen LogP contribution >= 0.6 is 0 Å². The molecule has 92 valence electrons. The second-order valence-corrected chi connectivity index (χ2v) is 5.23. The molecule has 2 rings (SSSR count). The van der Waals surface area contributed by atoms with E-state index in [0.29, 0.717) is 5.89 Å². The van der Waals surface area contributed by atoms with Gasteiger partial charge in [-0.3, -0.25) is 0 Å². The fourth-order valence-corrected chi connectivity index (χ4v) is 1.56. The minimum absolute atomic E-state index is 0.0784. The highest BCUT2D eigenvalue weighted by Crippen LogP contribution is 2.32. The molecule has 0 aliphatic rings. The molecule has 0 saturated heterocycles. The summed E-state index contributed by atoms with van der Waals surface area (Å²) in [7, 11) is 1.63. The number of rotatable bonds is 2. The van der Waals surface area contributed by atoms with Crippen molar-refractivity contribution < 1.29 is 9.15 Å². The summed E-state index contributed by atoms with van der Waals surface area (Å²) in [6, 6.07) is 5.32. The first-order valence-electron chi connectivity index (χ1n) is 5.62. The van der Waals surface area contributed by atoms with E-state index in [1.54, 1.807) is 7.11 Å². The standard InChI is InChI=1S/C13H18N2O2/c1-13(2,3)11(14)12-15-9-7-8(16-4)5-6-10(9)17-12/h5-7,11H,14H2,1-4H3. The van der Waals surface area contributed by atoms with Gasteiger partial charge in [0, 0.05) is 6.07 Å². The first kappa shape index (κ1) is 11.9. The number of fused-ring (bicyclic) bond motifs is 1. The Kier molecular flexibility index (Phi) is 2.83. The minimum atomic E-state index is -0.221. The lowest BCUT2D eigenvalue weighted by atomic mass is 9.87. The Morgan fingerprint density at radius 2 is 2.06 bits per heavy atom. The Balaban J connectivity index is 2.44. The molecular weight excluding hydrogens is 216 g/mol. The SMILES string of the molecule is COc1ccc2oc(C(N)C(C)(C)C)nc2c1. The van der Waals surface area contributed by atoms with Gasteiger partial charge in [-0.2, -0.15) is 0 Å². The highest BCUT2D eigenvalue weighted by molar-refractivity contribution is 5.74. The fraction of sp³-hybridized carbons (Fsp3) is 0.462. The fourth-order valence-electron chi connectivity index (χ4n) is 1.56. The number of aromatic nitrogens is 1. The number of ether oxygens (including phenoxy) is 1.